The van der Waals surface area contributed by atoms with Gasteiger partial charge in [0.05, 0.1) is 6.21 Å². The summed E-state index contributed by atoms with van der Waals surface area (Å²) in [5.41, 5.74) is 4.07. The van der Waals surface area contributed by atoms with Gasteiger partial charge in [0, 0.05) is 16.6 Å². The highest BCUT2D eigenvalue weighted by Gasteiger charge is 2.30. The smallest absolute Gasteiger partial charge is 0.457 e. The van der Waals surface area contributed by atoms with Gasteiger partial charge in [-0.15, -0.1) is 5.16 Å². The standard InChI is InChI=1S/C13H9BFNO2.C13H11BN2O2/c15-10-6-7-12-11(8-10)13(16-18-14(12)17)9-4-2-1-3-5-9;17-14-13-7-6-12(8-10(13)9-15-16-14)18-11-4-2-1-3-5-11/h1-8,17H;1-9,16-17H. The van der Waals surface area contributed by atoms with Gasteiger partial charge in [-0.25, -0.2) is 4.39 Å². The van der Waals surface area contributed by atoms with Crippen LogP contribution < -0.4 is 21.0 Å². The van der Waals surface area contributed by atoms with Crippen molar-refractivity contribution in [2.75, 3.05) is 0 Å². The number of rotatable bonds is 3. The minimum Gasteiger partial charge on any atom is -0.457 e. The summed E-state index contributed by atoms with van der Waals surface area (Å²) in [6.45, 7) is 0. The summed E-state index contributed by atoms with van der Waals surface area (Å²) in [5, 5.41) is 29.7. The number of hydrogen-bond acceptors (Lipinski definition) is 7. The molecule has 0 radical (unpaired) electrons. The molecular formula is C26H20B2FN3O4. The summed E-state index contributed by atoms with van der Waals surface area (Å²) in [6.07, 6.45) is 1.67. The van der Waals surface area contributed by atoms with Crippen LogP contribution in [0.4, 0.5) is 4.39 Å². The average Bonchev–Trinajstić information content (AvgIpc) is 2.90. The van der Waals surface area contributed by atoms with Crippen molar-refractivity contribution in [2.24, 2.45) is 10.3 Å². The number of benzene rings is 4. The molecule has 6 rings (SSSR count). The van der Waals surface area contributed by atoms with Crippen molar-refractivity contribution >= 4 is 37.0 Å². The fourth-order valence-corrected chi connectivity index (χ4v) is 3.81. The van der Waals surface area contributed by atoms with Gasteiger partial charge >= 0.3 is 14.2 Å². The van der Waals surface area contributed by atoms with E-state index in [-0.39, 0.29) is 5.82 Å². The van der Waals surface area contributed by atoms with E-state index < -0.39 is 14.2 Å². The van der Waals surface area contributed by atoms with Crippen molar-refractivity contribution in [2.45, 2.75) is 0 Å². The van der Waals surface area contributed by atoms with Gasteiger partial charge in [-0.3, -0.25) is 0 Å². The van der Waals surface area contributed by atoms with E-state index in [0.29, 0.717) is 16.7 Å². The first-order valence-corrected chi connectivity index (χ1v) is 11.2. The van der Waals surface area contributed by atoms with Crippen LogP contribution in [0.15, 0.2) is 107 Å². The molecule has 2 aliphatic rings. The van der Waals surface area contributed by atoms with Crippen LogP contribution in [-0.2, 0) is 4.76 Å². The van der Waals surface area contributed by atoms with Gasteiger partial charge in [-0.2, -0.15) is 5.10 Å². The van der Waals surface area contributed by atoms with Gasteiger partial charge in [-0.1, -0.05) is 60.7 Å². The summed E-state index contributed by atoms with van der Waals surface area (Å²) in [6, 6.07) is 28.6. The van der Waals surface area contributed by atoms with E-state index in [4.69, 9.17) is 9.49 Å². The third-order valence-corrected chi connectivity index (χ3v) is 5.56. The van der Waals surface area contributed by atoms with Gasteiger partial charge in [-0.05, 0) is 47.4 Å². The molecule has 0 saturated carbocycles. The molecule has 0 aromatic heterocycles. The Hall–Kier alpha value is -4.40. The number of halogens is 1. The van der Waals surface area contributed by atoms with E-state index in [1.807, 2.05) is 78.9 Å². The van der Waals surface area contributed by atoms with Gasteiger partial charge in [0.2, 0.25) is 0 Å². The lowest BCUT2D eigenvalue weighted by molar-refractivity contribution is 0.284. The SMILES string of the molecule is OB1NN=Cc2cc(Oc3ccccc3)ccc21.OB1ON=C(c2ccccc2)c2cc(F)ccc21. The minimum atomic E-state index is -1.15. The summed E-state index contributed by atoms with van der Waals surface area (Å²) in [4.78, 5) is 0. The molecule has 0 atom stereocenters. The summed E-state index contributed by atoms with van der Waals surface area (Å²) >= 11 is 0. The Labute approximate surface area is 207 Å². The second kappa shape index (κ2) is 10.5. The Morgan fingerprint density at radius 1 is 0.806 bits per heavy atom. The number of nitrogens with zero attached hydrogens (tertiary/aromatic N) is 2. The molecule has 0 aliphatic carbocycles. The summed E-state index contributed by atoms with van der Waals surface area (Å²) < 4.78 is 24.0. The zero-order chi connectivity index (χ0) is 24.9. The molecule has 4 aromatic rings. The highest BCUT2D eigenvalue weighted by molar-refractivity contribution is 6.65. The average molecular weight is 479 g/mol. The van der Waals surface area contributed by atoms with Crippen LogP contribution in [0.5, 0.6) is 11.5 Å². The quantitative estimate of drug-likeness (QED) is 0.393. The van der Waals surface area contributed by atoms with Crippen molar-refractivity contribution in [3.05, 3.63) is 120 Å². The van der Waals surface area contributed by atoms with Crippen molar-refractivity contribution in [3.8, 4) is 11.5 Å². The number of hydrogen-bond donors (Lipinski definition) is 3. The van der Waals surface area contributed by atoms with Crippen molar-refractivity contribution in [3.63, 3.8) is 0 Å². The molecule has 36 heavy (non-hydrogen) atoms. The van der Waals surface area contributed by atoms with Crippen LogP contribution in [0.3, 0.4) is 0 Å². The van der Waals surface area contributed by atoms with Crippen LogP contribution >= 0.6 is 0 Å². The maximum absolute atomic E-state index is 13.3. The molecule has 176 valence electrons. The molecule has 0 bridgehead atoms. The molecule has 0 saturated heterocycles. The second-order valence-corrected chi connectivity index (χ2v) is 7.99. The molecule has 0 spiro atoms. The lowest BCUT2D eigenvalue weighted by Crippen LogP contribution is -2.46. The molecule has 7 nitrogen and oxygen atoms in total. The monoisotopic (exact) mass is 479 g/mol. The lowest BCUT2D eigenvalue weighted by Gasteiger charge is -2.18. The van der Waals surface area contributed by atoms with Crippen molar-refractivity contribution in [1.29, 1.82) is 0 Å². The predicted molar refractivity (Wildman–Crippen MR) is 138 cm³/mol. The third kappa shape index (κ3) is 5.14. The number of nitrogens with one attached hydrogen (secondary N) is 1. The number of hydrazone groups is 1. The highest BCUT2D eigenvalue weighted by Crippen LogP contribution is 2.21. The number of fused-ring (bicyclic) bond motifs is 2. The fourth-order valence-electron chi connectivity index (χ4n) is 3.81. The fraction of sp³-hybridized carbons (Fsp3) is 0. The molecule has 3 N–H and O–H groups in total. The lowest BCUT2D eigenvalue weighted by atomic mass is 9.72. The normalized spacial score (nSPS) is 13.2. The Morgan fingerprint density at radius 2 is 1.53 bits per heavy atom. The maximum Gasteiger partial charge on any atom is 0.583 e. The van der Waals surface area contributed by atoms with Gasteiger partial charge in [0.15, 0.2) is 0 Å². The van der Waals surface area contributed by atoms with Crippen LogP contribution in [0, 0.1) is 5.82 Å². The second-order valence-electron chi connectivity index (χ2n) is 7.99. The van der Waals surface area contributed by atoms with Crippen molar-refractivity contribution in [1.82, 2.24) is 5.34 Å². The zero-order valence-corrected chi connectivity index (χ0v) is 19.0. The number of ether oxygens (including phenoxy) is 1. The Kier molecular flexibility index (Phi) is 6.79. The molecule has 2 heterocycles. The molecule has 2 aliphatic heterocycles. The third-order valence-electron chi connectivity index (χ3n) is 5.56. The Morgan fingerprint density at radius 3 is 2.31 bits per heavy atom. The summed E-state index contributed by atoms with van der Waals surface area (Å²) in [5.74, 6) is 1.14. The predicted octanol–water partition coefficient (Wildman–Crippen LogP) is 2.40. The van der Waals surface area contributed by atoms with Crippen LogP contribution in [-0.4, -0.2) is 36.1 Å². The minimum absolute atomic E-state index is 0.369. The first-order chi connectivity index (χ1) is 17.6. The largest absolute Gasteiger partial charge is 0.583 e. The van der Waals surface area contributed by atoms with Gasteiger partial charge in [0.1, 0.15) is 23.0 Å². The first kappa shape index (κ1) is 23.3. The highest BCUT2D eigenvalue weighted by atomic mass is 19.1. The Bertz CT molecular complexity index is 1420. The first-order valence-electron chi connectivity index (χ1n) is 11.2. The van der Waals surface area contributed by atoms with E-state index in [0.717, 1.165) is 28.1 Å². The molecule has 0 unspecified atom stereocenters. The van der Waals surface area contributed by atoms with Crippen LogP contribution in [0.1, 0.15) is 16.7 Å². The van der Waals surface area contributed by atoms with E-state index in [2.05, 4.69) is 15.6 Å². The molecule has 0 amide bonds. The van der Waals surface area contributed by atoms with Crippen LogP contribution in [0.25, 0.3) is 0 Å². The van der Waals surface area contributed by atoms with E-state index in [9.17, 15) is 14.4 Å². The zero-order valence-electron chi connectivity index (χ0n) is 19.0. The van der Waals surface area contributed by atoms with Gasteiger partial charge < -0.3 is 24.9 Å². The van der Waals surface area contributed by atoms with Crippen molar-refractivity contribution < 1.29 is 23.9 Å². The Balaban J connectivity index is 0.000000148. The molecular weight excluding hydrogens is 459 g/mol. The van der Waals surface area contributed by atoms with Crippen LogP contribution in [0.2, 0.25) is 0 Å². The molecule has 10 heteroatoms. The van der Waals surface area contributed by atoms with E-state index >= 15 is 0 Å². The topological polar surface area (TPSA) is 95.7 Å². The van der Waals surface area contributed by atoms with E-state index in [1.54, 1.807) is 6.21 Å². The molecule has 4 aromatic carbocycles. The maximum atomic E-state index is 13.3. The summed E-state index contributed by atoms with van der Waals surface area (Å²) in [7, 11) is -1.90. The number of para-hydroxylation sites is 1. The number of oxime groups is 1. The van der Waals surface area contributed by atoms with E-state index in [1.165, 1.54) is 18.2 Å². The molecule has 0 fully saturated rings. The van der Waals surface area contributed by atoms with Gasteiger partial charge in [0.25, 0.3) is 0 Å².